The van der Waals surface area contributed by atoms with E-state index in [1.165, 1.54) is 6.33 Å². The fourth-order valence-corrected chi connectivity index (χ4v) is 2.26. The van der Waals surface area contributed by atoms with Crippen LogP contribution in [0.1, 0.15) is 27.5 Å². The lowest BCUT2D eigenvalue weighted by atomic mass is 10.1. The van der Waals surface area contributed by atoms with Gasteiger partial charge in [-0.15, -0.1) is 5.10 Å². The molecular weight excluding hydrogens is 318 g/mol. The molecule has 0 amide bonds. The molecule has 0 aliphatic carbocycles. The van der Waals surface area contributed by atoms with Crippen molar-refractivity contribution < 1.29 is 14.0 Å². The van der Waals surface area contributed by atoms with Crippen molar-refractivity contribution in [3.8, 4) is 0 Å². The zero-order chi connectivity index (χ0) is 16.2. The quantitative estimate of drug-likeness (QED) is 0.554. The number of furan rings is 1. The van der Waals surface area contributed by atoms with Crippen LogP contribution in [0.5, 0.6) is 0 Å². The van der Waals surface area contributed by atoms with Crippen molar-refractivity contribution >= 4 is 23.2 Å². The van der Waals surface area contributed by atoms with Crippen LogP contribution in [-0.2, 0) is 17.6 Å². The molecule has 0 bridgehead atoms. The highest BCUT2D eigenvalue weighted by Crippen LogP contribution is 2.16. The maximum Gasteiger partial charge on any atom is 0.268 e. The lowest BCUT2D eigenvalue weighted by Gasteiger charge is -1.98. The predicted molar refractivity (Wildman–Crippen MR) is 82.4 cm³/mol. The Kier molecular flexibility index (Phi) is 4.34. The average Bonchev–Trinajstić information content (AvgIpc) is 3.21. The summed E-state index contributed by atoms with van der Waals surface area (Å²) in [5.41, 5.74) is 1.99. The Morgan fingerprint density at radius 3 is 2.65 bits per heavy atom. The predicted octanol–water partition coefficient (Wildman–Crippen LogP) is 2.64. The Balaban J connectivity index is 1.64. The van der Waals surface area contributed by atoms with Crippen LogP contribution in [0.2, 0.25) is 5.02 Å². The minimum absolute atomic E-state index is 0.117. The number of H-pyrrole nitrogens is 1. The van der Waals surface area contributed by atoms with Gasteiger partial charge in [0.25, 0.3) is 5.78 Å². The molecule has 23 heavy (non-hydrogen) atoms. The molecule has 0 aliphatic heterocycles. The van der Waals surface area contributed by atoms with Gasteiger partial charge < -0.3 is 4.42 Å². The summed E-state index contributed by atoms with van der Waals surface area (Å²) in [6.45, 7) is 0. The van der Waals surface area contributed by atoms with Crippen molar-refractivity contribution in [3.05, 3.63) is 70.7 Å². The third-order valence-corrected chi connectivity index (χ3v) is 3.49. The molecule has 3 aromatic rings. The first-order valence-electron chi connectivity index (χ1n) is 6.86. The summed E-state index contributed by atoms with van der Waals surface area (Å²) < 4.78 is 5.35. The third-order valence-electron chi connectivity index (χ3n) is 3.24. The number of Topliss-reactive ketones (excluding diaryl/α,β-unsaturated/α-hetero) is 2. The van der Waals surface area contributed by atoms with E-state index in [-0.39, 0.29) is 12.2 Å². The summed E-state index contributed by atoms with van der Waals surface area (Å²) in [5, 5.41) is 6.68. The molecule has 0 unspecified atom stereocenters. The van der Waals surface area contributed by atoms with Gasteiger partial charge in [-0.05, 0) is 29.3 Å². The highest BCUT2D eigenvalue weighted by Gasteiger charge is 2.21. The number of carbonyl (C=O) groups excluding carboxylic acids is 2. The Hall–Kier alpha value is -2.73. The van der Waals surface area contributed by atoms with Gasteiger partial charge in [0.15, 0.2) is 0 Å². The summed E-state index contributed by atoms with van der Waals surface area (Å²) in [6, 6.07) is 9.24. The molecule has 2 aromatic heterocycles. The van der Waals surface area contributed by atoms with E-state index in [1.54, 1.807) is 12.3 Å². The number of aromatic amines is 1. The van der Waals surface area contributed by atoms with Crippen LogP contribution < -0.4 is 0 Å². The molecule has 1 aromatic carbocycles. The van der Waals surface area contributed by atoms with E-state index in [9.17, 15) is 9.59 Å². The van der Waals surface area contributed by atoms with Crippen LogP contribution >= 0.6 is 11.6 Å². The first-order chi connectivity index (χ1) is 11.1. The number of nitrogens with one attached hydrogen (secondary N) is 1. The SMILES string of the molecule is O=C(Cc1cc(Cc2ccc(Cl)cc2)co1)C(=O)c1nc[nH]n1. The van der Waals surface area contributed by atoms with Gasteiger partial charge in [0.1, 0.15) is 12.1 Å². The van der Waals surface area contributed by atoms with Crippen LogP contribution in [0.4, 0.5) is 0 Å². The number of carbonyl (C=O) groups is 2. The highest BCUT2D eigenvalue weighted by molar-refractivity contribution is 6.42. The first-order valence-corrected chi connectivity index (χ1v) is 7.23. The van der Waals surface area contributed by atoms with Crippen molar-refractivity contribution in [1.82, 2.24) is 15.2 Å². The lowest BCUT2D eigenvalue weighted by molar-refractivity contribution is -0.114. The molecule has 2 heterocycles. The number of hydrogen-bond acceptors (Lipinski definition) is 5. The van der Waals surface area contributed by atoms with Crippen LogP contribution in [0.3, 0.4) is 0 Å². The maximum absolute atomic E-state index is 11.9. The molecule has 7 heteroatoms. The molecule has 0 aliphatic rings. The van der Waals surface area contributed by atoms with Gasteiger partial charge in [0.05, 0.1) is 12.7 Å². The third kappa shape index (κ3) is 3.73. The molecule has 0 spiro atoms. The number of ketones is 2. The van der Waals surface area contributed by atoms with Crippen molar-refractivity contribution in [2.24, 2.45) is 0 Å². The van der Waals surface area contributed by atoms with E-state index in [0.29, 0.717) is 17.2 Å². The zero-order valence-corrected chi connectivity index (χ0v) is 12.7. The normalized spacial score (nSPS) is 10.7. The smallest absolute Gasteiger partial charge is 0.268 e. The summed E-state index contributed by atoms with van der Waals surface area (Å²) in [7, 11) is 0. The van der Waals surface area contributed by atoms with Gasteiger partial charge in [-0.25, -0.2) is 4.98 Å². The highest BCUT2D eigenvalue weighted by atomic mass is 35.5. The van der Waals surface area contributed by atoms with E-state index in [1.807, 2.05) is 24.3 Å². The fourth-order valence-electron chi connectivity index (χ4n) is 2.13. The summed E-state index contributed by atoms with van der Waals surface area (Å²) in [4.78, 5) is 27.4. The molecule has 0 saturated heterocycles. The van der Waals surface area contributed by atoms with Crippen LogP contribution in [0.25, 0.3) is 0 Å². The van der Waals surface area contributed by atoms with E-state index in [4.69, 9.17) is 16.0 Å². The summed E-state index contributed by atoms with van der Waals surface area (Å²) in [5.74, 6) is -1.05. The van der Waals surface area contributed by atoms with Crippen molar-refractivity contribution in [2.45, 2.75) is 12.8 Å². The minimum Gasteiger partial charge on any atom is -0.469 e. The van der Waals surface area contributed by atoms with Gasteiger partial charge in [0, 0.05) is 11.4 Å². The molecule has 1 N–H and O–H groups in total. The monoisotopic (exact) mass is 329 g/mol. The molecular formula is C16H12ClN3O3. The Labute approximate surface area is 136 Å². The van der Waals surface area contributed by atoms with Gasteiger partial charge in [-0.1, -0.05) is 23.7 Å². The Morgan fingerprint density at radius 1 is 1.17 bits per heavy atom. The van der Waals surface area contributed by atoms with Crippen LogP contribution in [-0.4, -0.2) is 26.7 Å². The second-order valence-corrected chi connectivity index (χ2v) is 5.41. The van der Waals surface area contributed by atoms with Crippen LogP contribution in [0, 0.1) is 0 Å². The topological polar surface area (TPSA) is 88.9 Å². The number of rotatable bonds is 6. The lowest BCUT2D eigenvalue weighted by Crippen LogP contribution is -2.17. The molecule has 6 nitrogen and oxygen atoms in total. The molecule has 0 radical (unpaired) electrons. The second-order valence-electron chi connectivity index (χ2n) is 4.98. The number of halogens is 1. The fraction of sp³-hybridized carbons (Fsp3) is 0.125. The largest absolute Gasteiger partial charge is 0.469 e. The standard InChI is InChI=1S/C16H12ClN3O3/c17-12-3-1-10(2-4-12)5-11-6-13(23-8-11)7-14(21)15(22)16-18-9-19-20-16/h1-4,6,8-9H,5,7H2,(H,18,19,20). The second kappa shape index (κ2) is 6.58. The van der Waals surface area contributed by atoms with Gasteiger partial charge in [-0.2, -0.15) is 0 Å². The number of aromatic nitrogens is 3. The molecule has 3 rings (SSSR count). The Bertz CT molecular complexity index is 823. The molecule has 0 fully saturated rings. The molecule has 0 atom stereocenters. The number of nitrogens with zero attached hydrogens (tertiary/aromatic N) is 2. The summed E-state index contributed by atoms with van der Waals surface area (Å²) in [6.07, 6.45) is 3.36. The minimum atomic E-state index is -0.734. The van der Waals surface area contributed by atoms with E-state index >= 15 is 0 Å². The van der Waals surface area contributed by atoms with Crippen molar-refractivity contribution in [2.75, 3.05) is 0 Å². The van der Waals surface area contributed by atoms with E-state index < -0.39 is 11.6 Å². The summed E-state index contributed by atoms with van der Waals surface area (Å²) >= 11 is 5.85. The Morgan fingerprint density at radius 2 is 1.96 bits per heavy atom. The first kappa shape index (κ1) is 15.2. The average molecular weight is 330 g/mol. The molecule has 0 saturated carbocycles. The van der Waals surface area contributed by atoms with Gasteiger partial charge in [0.2, 0.25) is 11.6 Å². The maximum atomic E-state index is 11.9. The van der Waals surface area contributed by atoms with Gasteiger partial charge >= 0.3 is 0 Å². The van der Waals surface area contributed by atoms with E-state index in [0.717, 1.165) is 11.1 Å². The van der Waals surface area contributed by atoms with Crippen molar-refractivity contribution in [1.29, 1.82) is 0 Å². The van der Waals surface area contributed by atoms with Gasteiger partial charge in [-0.3, -0.25) is 14.7 Å². The van der Waals surface area contributed by atoms with E-state index in [2.05, 4.69) is 15.2 Å². The van der Waals surface area contributed by atoms with Crippen LogP contribution in [0.15, 0.2) is 47.3 Å². The number of hydrogen-bond donors (Lipinski definition) is 1. The van der Waals surface area contributed by atoms with Crippen molar-refractivity contribution in [3.63, 3.8) is 0 Å². The number of benzene rings is 1. The molecule has 116 valence electrons. The zero-order valence-electron chi connectivity index (χ0n) is 12.0.